The molecule has 0 N–H and O–H groups in total. The van der Waals surface area contributed by atoms with Gasteiger partial charge in [-0.1, -0.05) is 24.2 Å². The van der Waals surface area contributed by atoms with Gasteiger partial charge in [0.15, 0.2) is 5.82 Å². The van der Waals surface area contributed by atoms with Crippen LogP contribution in [0.5, 0.6) is 0 Å². The van der Waals surface area contributed by atoms with Crippen molar-refractivity contribution >= 4 is 0 Å². The molecule has 3 rings (SSSR count). The molecule has 1 saturated heterocycles. The molecule has 6 nitrogen and oxygen atoms in total. The second-order valence-electron chi connectivity index (χ2n) is 6.20. The van der Waals surface area contributed by atoms with Crippen molar-refractivity contribution in [3.63, 3.8) is 0 Å². The maximum atomic E-state index is 8.86. The van der Waals surface area contributed by atoms with Gasteiger partial charge in [0.05, 0.1) is 17.7 Å². The molecule has 0 saturated carbocycles. The highest BCUT2D eigenvalue weighted by atomic mass is 16.5. The quantitative estimate of drug-likeness (QED) is 0.841. The number of benzene rings is 1. The number of hydrogen-bond donors (Lipinski definition) is 0. The molecule has 126 valence electrons. The van der Waals surface area contributed by atoms with Gasteiger partial charge in [0.25, 0.3) is 0 Å². The van der Waals surface area contributed by atoms with E-state index in [1.807, 2.05) is 31.2 Å². The number of nitriles is 1. The molecule has 1 aliphatic rings. The normalized spacial score (nSPS) is 17.5. The van der Waals surface area contributed by atoms with Crippen LogP contribution in [-0.2, 0) is 13.0 Å². The summed E-state index contributed by atoms with van der Waals surface area (Å²) in [6, 6.07) is 10.2. The molecule has 1 aromatic heterocycles. The zero-order valence-electron chi connectivity index (χ0n) is 14.3. The van der Waals surface area contributed by atoms with Gasteiger partial charge >= 0.3 is 0 Å². The van der Waals surface area contributed by atoms with Crippen LogP contribution in [0.15, 0.2) is 28.8 Å². The predicted molar refractivity (Wildman–Crippen MR) is 90.1 cm³/mol. The summed E-state index contributed by atoms with van der Waals surface area (Å²) in [4.78, 5) is 9.28. The summed E-state index contributed by atoms with van der Waals surface area (Å²) in [5.74, 6) is 1.49. The van der Waals surface area contributed by atoms with E-state index in [0.717, 1.165) is 45.0 Å². The Morgan fingerprint density at radius 2 is 1.92 bits per heavy atom. The highest BCUT2D eigenvalue weighted by Gasteiger charge is 2.25. The summed E-state index contributed by atoms with van der Waals surface area (Å²) in [5, 5.41) is 12.8. The summed E-state index contributed by atoms with van der Waals surface area (Å²) in [7, 11) is 0. The Bertz CT molecular complexity index is 695. The second-order valence-corrected chi connectivity index (χ2v) is 6.20. The largest absolute Gasteiger partial charge is 0.338 e. The third kappa shape index (κ3) is 3.81. The van der Waals surface area contributed by atoms with E-state index in [1.54, 1.807) is 0 Å². The molecule has 1 aliphatic heterocycles. The highest BCUT2D eigenvalue weighted by molar-refractivity contribution is 5.31. The van der Waals surface area contributed by atoms with Crippen LogP contribution in [0.2, 0.25) is 0 Å². The molecule has 24 heavy (non-hydrogen) atoms. The Kier molecular flexibility index (Phi) is 5.24. The van der Waals surface area contributed by atoms with Gasteiger partial charge < -0.3 is 4.52 Å². The van der Waals surface area contributed by atoms with E-state index in [-0.39, 0.29) is 6.04 Å². The molecule has 0 bridgehead atoms. The smallest absolute Gasteiger partial charge is 0.243 e. The molecule has 2 aromatic rings. The van der Waals surface area contributed by atoms with E-state index < -0.39 is 0 Å². The summed E-state index contributed by atoms with van der Waals surface area (Å²) >= 11 is 0. The van der Waals surface area contributed by atoms with Gasteiger partial charge in [-0.15, -0.1) is 0 Å². The van der Waals surface area contributed by atoms with Gasteiger partial charge in [-0.2, -0.15) is 10.2 Å². The van der Waals surface area contributed by atoms with Gasteiger partial charge in [0.1, 0.15) is 0 Å². The van der Waals surface area contributed by atoms with E-state index in [4.69, 9.17) is 9.78 Å². The van der Waals surface area contributed by atoms with Crippen molar-refractivity contribution in [2.24, 2.45) is 0 Å². The molecular weight excluding hydrogens is 302 g/mol. The molecule has 1 fully saturated rings. The van der Waals surface area contributed by atoms with Gasteiger partial charge in [0, 0.05) is 39.1 Å². The molecule has 1 atom stereocenters. The van der Waals surface area contributed by atoms with Crippen LogP contribution in [0.25, 0.3) is 0 Å². The van der Waals surface area contributed by atoms with Crippen LogP contribution in [0.3, 0.4) is 0 Å². The zero-order valence-corrected chi connectivity index (χ0v) is 14.3. The van der Waals surface area contributed by atoms with Gasteiger partial charge in [-0.05, 0) is 24.6 Å². The van der Waals surface area contributed by atoms with Crippen molar-refractivity contribution in [2.45, 2.75) is 32.9 Å². The van der Waals surface area contributed by atoms with Crippen molar-refractivity contribution in [3.8, 4) is 6.07 Å². The van der Waals surface area contributed by atoms with Gasteiger partial charge in [-0.3, -0.25) is 9.80 Å². The fraction of sp³-hybridized carbons (Fsp3) is 0.500. The van der Waals surface area contributed by atoms with Crippen LogP contribution >= 0.6 is 0 Å². The Morgan fingerprint density at radius 1 is 1.21 bits per heavy atom. The van der Waals surface area contributed by atoms with Crippen molar-refractivity contribution in [2.75, 3.05) is 26.2 Å². The number of piperazine rings is 1. The Morgan fingerprint density at radius 3 is 2.50 bits per heavy atom. The van der Waals surface area contributed by atoms with Gasteiger partial charge in [-0.25, -0.2) is 0 Å². The van der Waals surface area contributed by atoms with Crippen molar-refractivity contribution in [1.29, 1.82) is 5.26 Å². The van der Waals surface area contributed by atoms with Crippen LogP contribution < -0.4 is 0 Å². The first-order valence-electron chi connectivity index (χ1n) is 8.47. The molecule has 1 unspecified atom stereocenters. The number of hydrogen-bond acceptors (Lipinski definition) is 6. The first-order chi connectivity index (χ1) is 11.7. The third-order valence-corrected chi connectivity index (χ3v) is 4.60. The van der Waals surface area contributed by atoms with E-state index in [0.29, 0.717) is 11.5 Å². The number of rotatable bonds is 5. The lowest BCUT2D eigenvalue weighted by Crippen LogP contribution is -2.46. The molecular formula is C18H23N5O. The lowest BCUT2D eigenvalue weighted by atomic mass is 10.1. The van der Waals surface area contributed by atoms with Gasteiger partial charge in [0.2, 0.25) is 5.89 Å². The summed E-state index contributed by atoms with van der Waals surface area (Å²) in [6.45, 7) is 9.08. The number of aromatic nitrogens is 2. The van der Waals surface area contributed by atoms with Crippen molar-refractivity contribution in [3.05, 3.63) is 47.1 Å². The Labute approximate surface area is 142 Å². The average molecular weight is 325 g/mol. The minimum atomic E-state index is 0.162. The standard InChI is InChI=1S/C18H23N5O/c1-3-17-20-18(24-21-17)14(2)23-10-8-22(9-11-23)13-16-6-4-15(12-19)5-7-16/h4-7,14H,3,8-11,13H2,1-2H3. The van der Waals surface area contributed by atoms with E-state index in [9.17, 15) is 0 Å². The summed E-state index contributed by atoms with van der Waals surface area (Å²) in [5.41, 5.74) is 1.96. The van der Waals surface area contributed by atoms with Crippen LogP contribution in [0, 0.1) is 11.3 Å². The fourth-order valence-electron chi connectivity index (χ4n) is 2.99. The van der Waals surface area contributed by atoms with Crippen molar-refractivity contribution < 1.29 is 4.52 Å². The van der Waals surface area contributed by atoms with E-state index in [1.165, 1.54) is 5.56 Å². The van der Waals surface area contributed by atoms with Crippen LogP contribution in [-0.4, -0.2) is 46.1 Å². The Hall–Kier alpha value is -2.23. The predicted octanol–water partition coefficient (Wildman–Crippen LogP) is 2.38. The maximum absolute atomic E-state index is 8.86. The second kappa shape index (κ2) is 7.56. The lowest BCUT2D eigenvalue weighted by Gasteiger charge is -2.36. The van der Waals surface area contributed by atoms with E-state index >= 15 is 0 Å². The lowest BCUT2D eigenvalue weighted by molar-refractivity contribution is 0.0845. The molecule has 2 heterocycles. The first kappa shape index (κ1) is 16.6. The SMILES string of the molecule is CCc1noc(C(C)N2CCN(Cc3ccc(C#N)cc3)CC2)n1. The third-order valence-electron chi connectivity index (χ3n) is 4.60. The maximum Gasteiger partial charge on any atom is 0.243 e. The molecule has 6 heteroatoms. The molecule has 0 spiro atoms. The van der Waals surface area contributed by atoms with Crippen molar-refractivity contribution in [1.82, 2.24) is 19.9 Å². The molecule has 0 aliphatic carbocycles. The minimum Gasteiger partial charge on any atom is -0.338 e. The molecule has 0 radical (unpaired) electrons. The number of aryl methyl sites for hydroxylation is 1. The highest BCUT2D eigenvalue weighted by Crippen LogP contribution is 2.21. The molecule has 0 amide bonds. The monoisotopic (exact) mass is 325 g/mol. The topological polar surface area (TPSA) is 69.2 Å². The van der Waals surface area contributed by atoms with Crippen LogP contribution in [0.4, 0.5) is 0 Å². The number of nitrogens with zero attached hydrogens (tertiary/aromatic N) is 5. The average Bonchev–Trinajstić information content (AvgIpc) is 3.11. The first-order valence-corrected chi connectivity index (χ1v) is 8.47. The molecule has 1 aromatic carbocycles. The van der Waals surface area contributed by atoms with Crippen LogP contribution in [0.1, 0.15) is 42.7 Å². The summed E-state index contributed by atoms with van der Waals surface area (Å²) < 4.78 is 5.37. The fourth-order valence-corrected chi connectivity index (χ4v) is 2.99. The zero-order chi connectivity index (χ0) is 16.9. The van der Waals surface area contributed by atoms with E-state index in [2.05, 4.69) is 32.9 Å². The summed E-state index contributed by atoms with van der Waals surface area (Å²) in [6.07, 6.45) is 0.800. The Balaban J connectivity index is 1.52. The minimum absolute atomic E-state index is 0.162.